The van der Waals surface area contributed by atoms with Gasteiger partial charge in [0.05, 0.1) is 0 Å². The summed E-state index contributed by atoms with van der Waals surface area (Å²) in [6, 6.07) is 5.11. The number of hydrogen-bond acceptors (Lipinski definition) is 2. The number of ketones is 1. The first kappa shape index (κ1) is 9.58. The summed E-state index contributed by atoms with van der Waals surface area (Å²) < 4.78 is 19.0. The van der Waals surface area contributed by atoms with Gasteiger partial charge in [-0.05, 0) is 31.4 Å². The number of benzene rings is 1. The van der Waals surface area contributed by atoms with Gasteiger partial charge in [0.2, 0.25) is 5.78 Å². The van der Waals surface area contributed by atoms with Crippen LogP contribution in [0, 0.1) is 18.7 Å². The van der Waals surface area contributed by atoms with Crippen LogP contribution < -0.4 is 0 Å². The van der Waals surface area contributed by atoms with Crippen LogP contribution in [0.2, 0.25) is 0 Å². The van der Waals surface area contributed by atoms with E-state index in [1.54, 1.807) is 25.1 Å². The van der Waals surface area contributed by atoms with Crippen LogP contribution in [0.15, 0.2) is 22.6 Å². The molecule has 0 N–H and O–H groups in total. The lowest BCUT2D eigenvalue weighted by molar-refractivity contribution is 0.0942. The van der Waals surface area contributed by atoms with Crippen LogP contribution in [0.3, 0.4) is 0 Å². The van der Waals surface area contributed by atoms with E-state index in [-0.39, 0.29) is 23.1 Å². The van der Waals surface area contributed by atoms with Crippen molar-refractivity contribution in [1.82, 2.24) is 0 Å². The Morgan fingerprint density at radius 1 is 1.44 bits per heavy atom. The average Bonchev–Trinajstić information content (AvgIpc) is 3.02. The molecular formula is C13H11FO2. The summed E-state index contributed by atoms with van der Waals surface area (Å²) in [6.45, 7) is 1.68. The van der Waals surface area contributed by atoms with Crippen molar-refractivity contribution in [2.45, 2.75) is 19.8 Å². The molecule has 0 atom stereocenters. The molecule has 0 bridgehead atoms. The summed E-state index contributed by atoms with van der Waals surface area (Å²) in [4.78, 5) is 11.8. The summed E-state index contributed by atoms with van der Waals surface area (Å²) >= 11 is 0. The van der Waals surface area contributed by atoms with E-state index in [4.69, 9.17) is 4.42 Å². The van der Waals surface area contributed by atoms with E-state index < -0.39 is 0 Å². The fraction of sp³-hybridized carbons (Fsp3) is 0.308. The number of carbonyl (C=O) groups excluding carboxylic acids is 1. The van der Waals surface area contributed by atoms with Gasteiger partial charge in [-0.25, -0.2) is 4.39 Å². The Labute approximate surface area is 92.1 Å². The van der Waals surface area contributed by atoms with Crippen molar-refractivity contribution in [1.29, 1.82) is 0 Å². The highest BCUT2D eigenvalue weighted by Crippen LogP contribution is 2.34. The van der Waals surface area contributed by atoms with Crippen LogP contribution in [0.5, 0.6) is 0 Å². The SMILES string of the molecule is Cc1ccc2cc(C(=O)C3CC3)oc2c1F. The van der Waals surface area contributed by atoms with E-state index in [0.717, 1.165) is 12.8 Å². The number of halogens is 1. The van der Waals surface area contributed by atoms with Gasteiger partial charge in [0, 0.05) is 11.3 Å². The number of hydrogen-bond donors (Lipinski definition) is 0. The fourth-order valence-corrected chi connectivity index (χ4v) is 1.84. The first-order valence-corrected chi connectivity index (χ1v) is 5.39. The van der Waals surface area contributed by atoms with Crippen LogP contribution >= 0.6 is 0 Å². The molecule has 1 aliphatic rings. The van der Waals surface area contributed by atoms with Gasteiger partial charge in [0.1, 0.15) is 0 Å². The topological polar surface area (TPSA) is 30.2 Å². The van der Waals surface area contributed by atoms with E-state index in [0.29, 0.717) is 16.7 Å². The quantitative estimate of drug-likeness (QED) is 0.722. The van der Waals surface area contributed by atoms with Crippen molar-refractivity contribution in [2.24, 2.45) is 5.92 Å². The van der Waals surface area contributed by atoms with Crippen LogP contribution in [-0.2, 0) is 0 Å². The van der Waals surface area contributed by atoms with Crippen molar-refractivity contribution < 1.29 is 13.6 Å². The Morgan fingerprint density at radius 2 is 2.19 bits per heavy atom. The van der Waals surface area contributed by atoms with Gasteiger partial charge in [0.15, 0.2) is 17.2 Å². The predicted octanol–water partition coefficient (Wildman–Crippen LogP) is 3.47. The molecule has 2 nitrogen and oxygen atoms in total. The maximum absolute atomic E-state index is 13.7. The minimum atomic E-state index is -0.368. The normalized spacial score (nSPS) is 15.6. The van der Waals surface area contributed by atoms with Gasteiger partial charge >= 0.3 is 0 Å². The number of aryl methyl sites for hydroxylation is 1. The molecule has 0 aliphatic heterocycles. The second-order valence-corrected chi connectivity index (χ2v) is 4.36. The largest absolute Gasteiger partial charge is 0.450 e. The summed E-state index contributed by atoms with van der Waals surface area (Å²) in [7, 11) is 0. The van der Waals surface area contributed by atoms with Gasteiger partial charge < -0.3 is 4.42 Å². The lowest BCUT2D eigenvalue weighted by Gasteiger charge is -1.95. The van der Waals surface area contributed by atoms with E-state index in [9.17, 15) is 9.18 Å². The van der Waals surface area contributed by atoms with Gasteiger partial charge in [-0.1, -0.05) is 12.1 Å². The smallest absolute Gasteiger partial charge is 0.201 e. The third kappa shape index (κ3) is 1.35. The second-order valence-electron chi connectivity index (χ2n) is 4.36. The van der Waals surface area contributed by atoms with Crippen LogP contribution in [0.1, 0.15) is 29.0 Å². The molecule has 0 radical (unpaired) electrons. The molecule has 0 amide bonds. The molecular weight excluding hydrogens is 207 g/mol. The second kappa shape index (κ2) is 3.17. The Balaban J connectivity index is 2.15. The highest BCUT2D eigenvalue weighted by atomic mass is 19.1. The zero-order valence-electron chi connectivity index (χ0n) is 8.92. The molecule has 16 heavy (non-hydrogen) atoms. The van der Waals surface area contributed by atoms with Crippen molar-refractivity contribution in [2.75, 3.05) is 0 Å². The maximum atomic E-state index is 13.7. The zero-order chi connectivity index (χ0) is 11.3. The third-order valence-electron chi connectivity index (χ3n) is 3.01. The molecule has 0 saturated heterocycles. The first-order chi connectivity index (χ1) is 7.66. The molecule has 3 heteroatoms. The molecule has 82 valence electrons. The van der Waals surface area contributed by atoms with Gasteiger partial charge in [-0.2, -0.15) is 0 Å². The van der Waals surface area contributed by atoms with E-state index in [2.05, 4.69) is 0 Å². The Morgan fingerprint density at radius 3 is 2.88 bits per heavy atom. The molecule has 3 rings (SSSR count). The van der Waals surface area contributed by atoms with Gasteiger partial charge in [-0.3, -0.25) is 4.79 Å². The molecule has 1 aliphatic carbocycles. The molecule has 0 unspecified atom stereocenters. The molecule has 1 fully saturated rings. The van der Waals surface area contributed by atoms with E-state index in [1.165, 1.54) is 0 Å². The highest BCUT2D eigenvalue weighted by molar-refractivity contribution is 6.00. The molecule has 2 aromatic rings. The summed E-state index contributed by atoms with van der Waals surface area (Å²) in [6.07, 6.45) is 1.86. The average molecular weight is 218 g/mol. The highest BCUT2D eigenvalue weighted by Gasteiger charge is 2.32. The summed E-state index contributed by atoms with van der Waals surface area (Å²) in [5, 5.41) is 0.659. The minimum Gasteiger partial charge on any atom is -0.450 e. The number of furan rings is 1. The number of carbonyl (C=O) groups is 1. The van der Waals surface area contributed by atoms with E-state index in [1.807, 2.05) is 0 Å². The van der Waals surface area contributed by atoms with Gasteiger partial charge in [0.25, 0.3) is 0 Å². The van der Waals surface area contributed by atoms with Crippen molar-refractivity contribution in [3.8, 4) is 0 Å². The monoisotopic (exact) mass is 218 g/mol. The Bertz CT molecular complexity index is 579. The number of Topliss-reactive ketones (excluding diaryl/α,β-unsaturated/α-hetero) is 1. The molecule has 1 aromatic carbocycles. The predicted molar refractivity (Wildman–Crippen MR) is 58.0 cm³/mol. The fourth-order valence-electron chi connectivity index (χ4n) is 1.84. The Kier molecular flexibility index (Phi) is 1.90. The van der Waals surface area contributed by atoms with Crippen LogP contribution in [0.4, 0.5) is 4.39 Å². The molecule has 1 saturated carbocycles. The number of rotatable bonds is 2. The minimum absolute atomic E-state index is 0.00764. The summed E-state index contributed by atoms with van der Waals surface area (Å²) in [5.74, 6) is 0.0346. The lowest BCUT2D eigenvalue weighted by atomic mass is 10.1. The maximum Gasteiger partial charge on any atom is 0.201 e. The van der Waals surface area contributed by atoms with Crippen molar-refractivity contribution in [3.63, 3.8) is 0 Å². The van der Waals surface area contributed by atoms with Gasteiger partial charge in [-0.15, -0.1) is 0 Å². The lowest BCUT2D eigenvalue weighted by Crippen LogP contribution is -1.98. The van der Waals surface area contributed by atoms with Crippen LogP contribution in [0.25, 0.3) is 11.0 Å². The van der Waals surface area contributed by atoms with E-state index >= 15 is 0 Å². The standard InChI is InChI=1S/C13H11FO2/c1-7-2-3-9-6-10(12(15)8-4-5-8)16-13(9)11(7)14/h2-3,6,8H,4-5H2,1H3. The molecule has 1 heterocycles. The summed E-state index contributed by atoms with van der Waals surface area (Å²) in [5.41, 5.74) is 0.733. The Hall–Kier alpha value is -1.64. The van der Waals surface area contributed by atoms with Crippen molar-refractivity contribution >= 4 is 16.8 Å². The molecule has 0 spiro atoms. The number of fused-ring (bicyclic) bond motifs is 1. The van der Waals surface area contributed by atoms with Crippen molar-refractivity contribution in [3.05, 3.63) is 35.3 Å². The van der Waals surface area contributed by atoms with Crippen LogP contribution in [-0.4, -0.2) is 5.78 Å². The first-order valence-electron chi connectivity index (χ1n) is 5.39. The zero-order valence-corrected chi connectivity index (χ0v) is 8.92. The molecule has 1 aromatic heterocycles. The third-order valence-corrected chi connectivity index (χ3v) is 3.01.